The minimum atomic E-state index is -0.227. The highest BCUT2D eigenvalue weighted by molar-refractivity contribution is 5.90. The van der Waals surface area contributed by atoms with Gasteiger partial charge in [-0.1, -0.05) is 127 Å². The first-order chi connectivity index (χ1) is 15.8. The number of hydrogen-bond acceptors (Lipinski definition) is 0. The van der Waals surface area contributed by atoms with Crippen molar-refractivity contribution in [3.8, 4) is 22.3 Å². The third kappa shape index (κ3) is 2.69. The molecule has 0 nitrogen and oxygen atoms in total. The monoisotopic (exact) mass is 410 g/mol. The first-order valence-corrected chi connectivity index (χ1v) is 11.5. The summed E-state index contributed by atoms with van der Waals surface area (Å²) in [6.07, 6.45) is 10.2. The molecule has 0 aliphatic heterocycles. The van der Waals surface area contributed by atoms with E-state index >= 15 is 0 Å². The Morgan fingerprint density at radius 3 is 2.25 bits per heavy atom. The molecule has 2 aliphatic carbocycles. The predicted molar refractivity (Wildman–Crippen MR) is 135 cm³/mol. The van der Waals surface area contributed by atoms with E-state index < -0.39 is 0 Å². The van der Waals surface area contributed by atoms with Crippen molar-refractivity contribution < 1.29 is 0 Å². The van der Waals surface area contributed by atoms with Crippen LogP contribution < -0.4 is 0 Å². The third-order valence-electron chi connectivity index (χ3n) is 7.20. The van der Waals surface area contributed by atoms with E-state index in [4.69, 9.17) is 0 Å². The Morgan fingerprint density at radius 2 is 1.44 bits per heavy atom. The van der Waals surface area contributed by atoms with Gasteiger partial charge in [-0.3, -0.25) is 0 Å². The number of benzene rings is 4. The Hall–Kier alpha value is -3.64. The lowest BCUT2D eigenvalue weighted by atomic mass is 9.61. The smallest absolute Gasteiger partial charge is 0.0535 e. The summed E-state index contributed by atoms with van der Waals surface area (Å²) >= 11 is 0. The number of rotatable bonds is 3. The lowest BCUT2D eigenvalue weighted by molar-refractivity contribution is 0.458. The average molecular weight is 411 g/mol. The first-order valence-electron chi connectivity index (χ1n) is 11.5. The second-order valence-corrected chi connectivity index (χ2v) is 8.97. The molecule has 2 unspecified atom stereocenters. The standard InChI is InChI=1S/C32H26/c1-23-12-10-13-24(22-23)27-19-11-20-29-28-18-8-9-21-30(28)32(31(27)29,25-14-4-2-5-15-25)26-16-6-3-7-17-26/h2-16,18-22,26H,17H2,1H3. The molecule has 0 aromatic heterocycles. The van der Waals surface area contributed by atoms with Gasteiger partial charge in [-0.25, -0.2) is 0 Å². The molecule has 0 heterocycles. The molecule has 0 saturated heterocycles. The van der Waals surface area contributed by atoms with Crippen LogP contribution in [0.1, 0.15) is 28.7 Å². The van der Waals surface area contributed by atoms with Crippen LogP contribution in [-0.2, 0) is 5.41 Å². The Labute approximate surface area is 190 Å². The maximum absolute atomic E-state index is 2.42. The van der Waals surface area contributed by atoms with Gasteiger partial charge < -0.3 is 0 Å². The van der Waals surface area contributed by atoms with Gasteiger partial charge in [0.2, 0.25) is 0 Å². The Balaban J connectivity index is 1.77. The number of aryl methyl sites for hydroxylation is 1. The van der Waals surface area contributed by atoms with Crippen molar-refractivity contribution in [2.45, 2.75) is 18.8 Å². The molecule has 4 aromatic carbocycles. The van der Waals surface area contributed by atoms with Crippen molar-refractivity contribution in [3.63, 3.8) is 0 Å². The molecule has 2 atom stereocenters. The van der Waals surface area contributed by atoms with Crippen LogP contribution >= 0.6 is 0 Å². The van der Waals surface area contributed by atoms with Gasteiger partial charge in [0.1, 0.15) is 0 Å². The van der Waals surface area contributed by atoms with Crippen LogP contribution in [0.25, 0.3) is 22.3 Å². The molecule has 0 saturated carbocycles. The summed E-state index contributed by atoms with van der Waals surface area (Å²) in [5.74, 6) is 0.350. The average Bonchev–Trinajstić information content (AvgIpc) is 3.17. The molecule has 2 aliphatic rings. The molecule has 0 radical (unpaired) electrons. The van der Waals surface area contributed by atoms with E-state index in [-0.39, 0.29) is 5.41 Å². The second kappa shape index (κ2) is 7.50. The number of hydrogen-bond donors (Lipinski definition) is 0. The van der Waals surface area contributed by atoms with Crippen molar-refractivity contribution in [3.05, 3.63) is 144 Å². The summed E-state index contributed by atoms with van der Waals surface area (Å²) in [6, 6.07) is 36.0. The first kappa shape index (κ1) is 19.1. The van der Waals surface area contributed by atoms with E-state index in [1.807, 2.05) is 0 Å². The van der Waals surface area contributed by atoms with E-state index in [1.165, 1.54) is 44.5 Å². The zero-order chi connectivity index (χ0) is 21.5. The van der Waals surface area contributed by atoms with Gasteiger partial charge in [-0.15, -0.1) is 0 Å². The summed E-state index contributed by atoms with van der Waals surface area (Å²) in [6.45, 7) is 2.18. The van der Waals surface area contributed by atoms with Crippen molar-refractivity contribution in [1.82, 2.24) is 0 Å². The highest BCUT2D eigenvalue weighted by atomic mass is 14.5. The minimum Gasteiger partial charge on any atom is -0.0839 e. The quantitative estimate of drug-likeness (QED) is 0.320. The molecule has 0 spiro atoms. The molecule has 32 heavy (non-hydrogen) atoms. The Kier molecular flexibility index (Phi) is 4.47. The summed E-state index contributed by atoms with van der Waals surface area (Å²) in [7, 11) is 0. The maximum Gasteiger partial charge on any atom is 0.0535 e. The van der Waals surface area contributed by atoms with Gasteiger partial charge in [0, 0.05) is 0 Å². The van der Waals surface area contributed by atoms with Crippen molar-refractivity contribution in [2.75, 3.05) is 0 Å². The fourth-order valence-electron chi connectivity index (χ4n) is 5.95. The second-order valence-electron chi connectivity index (χ2n) is 8.97. The molecule has 0 N–H and O–H groups in total. The van der Waals surface area contributed by atoms with Gasteiger partial charge in [0.15, 0.2) is 0 Å². The topological polar surface area (TPSA) is 0 Å². The highest BCUT2D eigenvalue weighted by Crippen LogP contribution is 2.60. The van der Waals surface area contributed by atoms with Crippen LogP contribution in [0, 0.1) is 12.8 Å². The number of allylic oxidation sites excluding steroid dienone is 4. The molecule has 0 amide bonds. The fourth-order valence-corrected chi connectivity index (χ4v) is 5.95. The van der Waals surface area contributed by atoms with Crippen molar-refractivity contribution in [2.24, 2.45) is 5.92 Å². The molecular formula is C32H26. The van der Waals surface area contributed by atoms with Gasteiger partial charge in [0.05, 0.1) is 5.41 Å². The zero-order valence-corrected chi connectivity index (χ0v) is 18.3. The van der Waals surface area contributed by atoms with Crippen LogP contribution in [0.4, 0.5) is 0 Å². The van der Waals surface area contributed by atoms with E-state index in [0.29, 0.717) is 5.92 Å². The Morgan fingerprint density at radius 1 is 0.688 bits per heavy atom. The fraction of sp³-hybridized carbons (Fsp3) is 0.125. The van der Waals surface area contributed by atoms with E-state index in [9.17, 15) is 0 Å². The highest BCUT2D eigenvalue weighted by Gasteiger charge is 2.50. The van der Waals surface area contributed by atoms with Gasteiger partial charge in [-0.2, -0.15) is 0 Å². The van der Waals surface area contributed by atoms with Gasteiger partial charge in [0.25, 0.3) is 0 Å². The summed E-state index contributed by atoms with van der Waals surface area (Å²) in [4.78, 5) is 0. The molecule has 154 valence electrons. The van der Waals surface area contributed by atoms with Crippen LogP contribution in [0.2, 0.25) is 0 Å². The minimum absolute atomic E-state index is 0.227. The summed E-state index contributed by atoms with van der Waals surface area (Å²) in [5, 5.41) is 0. The molecule has 0 bridgehead atoms. The lowest BCUT2D eigenvalue weighted by Crippen LogP contribution is -2.36. The van der Waals surface area contributed by atoms with Crippen LogP contribution in [-0.4, -0.2) is 0 Å². The van der Waals surface area contributed by atoms with Crippen molar-refractivity contribution in [1.29, 1.82) is 0 Å². The largest absolute Gasteiger partial charge is 0.0839 e. The van der Waals surface area contributed by atoms with E-state index in [0.717, 1.165) is 6.42 Å². The normalized spacial score (nSPS) is 20.7. The van der Waals surface area contributed by atoms with Gasteiger partial charge in [-0.05, 0) is 58.2 Å². The lowest BCUT2D eigenvalue weighted by Gasteiger charge is -2.40. The third-order valence-corrected chi connectivity index (χ3v) is 7.20. The summed E-state index contributed by atoms with van der Waals surface area (Å²) in [5.41, 5.74) is 10.7. The molecule has 6 rings (SSSR count). The SMILES string of the molecule is Cc1cccc(-c2cccc3c2C(c2ccccc2)(C2C=CC=CC2)c2ccccc2-3)c1. The van der Waals surface area contributed by atoms with Crippen LogP contribution in [0.5, 0.6) is 0 Å². The maximum atomic E-state index is 2.42. The predicted octanol–water partition coefficient (Wildman–Crippen LogP) is 8.11. The molecule has 4 aromatic rings. The molecule has 0 fully saturated rings. The summed E-state index contributed by atoms with van der Waals surface area (Å²) < 4.78 is 0. The number of fused-ring (bicyclic) bond motifs is 3. The molecular weight excluding hydrogens is 384 g/mol. The van der Waals surface area contributed by atoms with Crippen molar-refractivity contribution >= 4 is 0 Å². The van der Waals surface area contributed by atoms with Crippen LogP contribution in [0.15, 0.2) is 121 Å². The molecule has 0 heteroatoms. The Bertz CT molecular complexity index is 1360. The van der Waals surface area contributed by atoms with Crippen LogP contribution in [0.3, 0.4) is 0 Å². The zero-order valence-electron chi connectivity index (χ0n) is 18.3. The van der Waals surface area contributed by atoms with E-state index in [1.54, 1.807) is 0 Å². The van der Waals surface area contributed by atoms with E-state index in [2.05, 4.69) is 128 Å². The van der Waals surface area contributed by atoms with Gasteiger partial charge >= 0.3 is 0 Å².